The third kappa shape index (κ3) is 5.80. The van der Waals surface area contributed by atoms with Crippen molar-refractivity contribution in [3.05, 3.63) is 77.9 Å². The lowest BCUT2D eigenvalue weighted by atomic mass is 10.1. The Labute approximate surface area is 198 Å². The summed E-state index contributed by atoms with van der Waals surface area (Å²) in [4.78, 5) is 14.3. The number of carbonyl (C=O) groups is 1. The number of rotatable bonds is 9. The molecule has 0 fully saturated rings. The second-order valence-corrected chi connectivity index (χ2v) is 9.89. The molecule has 0 atom stereocenters. The van der Waals surface area contributed by atoms with Crippen LogP contribution in [0.4, 0.5) is 11.4 Å². The van der Waals surface area contributed by atoms with Gasteiger partial charge in [0.15, 0.2) is 11.5 Å². The van der Waals surface area contributed by atoms with Crippen LogP contribution in [0, 0.1) is 0 Å². The van der Waals surface area contributed by atoms with Crippen molar-refractivity contribution in [2.45, 2.75) is 11.4 Å². The molecule has 3 aromatic carbocycles. The zero-order valence-corrected chi connectivity index (χ0v) is 20.5. The molecule has 0 saturated heterocycles. The van der Waals surface area contributed by atoms with E-state index in [1.807, 2.05) is 54.8 Å². The van der Waals surface area contributed by atoms with Gasteiger partial charge in [-0.3, -0.25) is 9.10 Å². The van der Waals surface area contributed by atoms with Gasteiger partial charge in [-0.15, -0.1) is 11.8 Å². The summed E-state index contributed by atoms with van der Waals surface area (Å²) >= 11 is 1.50. The normalized spacial score (nSPS) is 11.0. The van der Waals surface area contributed by atoms with Gasteiger partial charge in [-0.2, -0.15) is 0 Å². The molecule has 9 heteroatoms. The van der Waals surface area contributed by atoms with Gasteiger partial charge in [0, 0.05) is 11.0 Å². The Balaban J connectivity index is 2.15. The highest BCUT2D eigenvalue weighted by Gasteiger charge is 2.27. The molecule has 1 amide bonds. The zero-order chi connectivity index (χ0) is 24.0. The number of sulfonamides is 1. The summed E-state index contributed by atoms with van der Waals surface area (Å²) < 4.78 is 37.7. The standard InChI is InChI=1S/C24H26N2O5S2/c1-30-21-14-18(24(27)25-19-12-8-9-13-23(19)32-3)20(15-22(21)31-2)26(33(4,28)29)16-17-10-6-5-7-11-17/h5-15H,16H2,1-4H3,(H,25,27). The average Bonchev–Trinajstić information content (AvgIpc) is 2.82. The van der Waals surface area contributed by atoms with Crippen LogP contribution in [-0.4, -0.2) is 41.1 Å². The summed E-state index contributed by atoms with van der Waals surface area (Å²) in [5, 5.41) is 2.90. The predicted molar refractivity (Wildman–Crippen MR) is 133 cm³/mol. The lowest BCUT2D eigenvalue weighted by Gasteiger charge is -2.26. The number of ether oxygens (including phenoxy) is 2. The van der Waals surface area contributed by atoms with Gasteiger partial charge in [0.2, 0.25) is 10.0 Å². The van der Waals surface area contributed by atoms with Crippen LogP contribution < -0.4 is 19.1 Å². The highest BCUT2D eigenvalue weighted by atomic mass is 32.2. The monoisotopic (exact) mass is 486 g/mol. The van der Waals surface area contributed by atoms with Crippen molar-refractivity contribution >= 4 is 39.1 Å². The van der Waals surface area contributed by atoms with Gasteiger partial charge in [0.1, 0.15) is 0 Å². The first-order chi connectivity index (χ1) is 15.8. The van der Waals surface area contributed by atoms with Crippen molar-refractivity contribution in [3.63, 3.8) is 0 Å². The summed E-state index contributed by atoms with van der Waals surface area (Å²) in [5.41, 5.74) is 1.74. The van der Waals surface area contributed by atoms with Gasteiger partial charge in [-0.25, -0.2) is 8.42 Å². The Kier molecular flexibility index (Phi) is 7.88. The maximum absolute atomic E-state index is 13.4. The first-order valence-corrected chi connectivity index (χ1v) is 13.1. The molecule has 33 heavy (non-hydrogen) atoms. The molecule has 0 saturated carbocycles. The third-order valence-corrected chi connectivity index (χ3v) is 6.86. The fourth-order valence-corrected chi connectivity index (χ4v) is 4.77. The lowest BCUT2D eigenvalue weighted by Crippen LogP contribution is -2.31. The highest BCUT2D eigenvalue weighted by Crippen LogP contribution is 2.37. The molecule has 0 aliphatic heterocycles. The topological polar surface area (TPSA) is 84.9 Å². The molecule has 3 rings (SSSR count). The SMILES string of the molecule is COc1cc(C(=O)Nc2ccccc2SC)c(N(Cc2ccccc2)S(C)(=O)=O)cc1OC. The van der Waals surface area contributed by atoms with Gasteiger partial charge >= 0.3 is 0 Å². The molecule has 0 bridgehead atoms. The molecule has 0 aliphatic rings. The summed E-state index contributed by atoms with van der Waals surface area (Å²) in [5.74, 6) is 0.169. The van der Waals surface area contributed by atoms with Crippen LogP contribution in [0.1, 0.15) is 15.9 Å². The van der Waals surface area contributed by atoms with Crippen LogP contribution in [0.15, 0.2) is 71.6 Å². The molecule has 0 aromatic heterocycles. The average molecular weight is 487 g/mol. The Hall–Kier alpha value is -3.17. The van der Waals surface area contributed by atoms with E-state index in [1.165, 1.54) is 42.4 Å². The quantitative estimate of drug-likeness (QED) is 0.444. The van der Waals surface area contributed by atoms with Crippen LogP contribution in [0.3, 0.4) is 0 Å². The number of hydrogen-bond acceptors (Lipinski definition) is 6. The number of benzene rings is 3. The molecule has 174 valence electrons. The Morgan fingerprint density at radius 1 is 0.970 bits per heavy atom. The molecule has 7 nitrogen and oxygen atoms in total. The van der Waals surface area contributed by atoms with Crippen LogP contribution in [0.25, 0.3) is 0 Å². The Bertz CT molecular complexity index is 1230. The summed E-state index contributed by atoms with van der Waals surface area (Å²) in [7, 11) is -0.834. The number of nitrogens with one attached hydrogen (secondary N) is 1. The van der Waals surface area contributed by atoms with Crippen LogP contribution >= 0.6 is 11.8 Å². The summed E-state index contributed by atoms with van der Waals surface area (Å²) in [6.07, 6.45) is 3.02. The maximum Gasteiger partial charge on any atom is 0.257 e. The third-order valence-electron chi connectivity index (χ3n) is 4.94. The predicted octanol–water partition coefficient (Wildman–Crippen LogP) is 4.64. The molecular weight excluding hydrogens is 460 g/mol. The molecule has 1 N–H and O–H groups in total. The van der Waals surface area contributed by atoms with Gasteiger partial charge in [0.25, 0.3) is 5.91 Å². The number of amides is 1. The smallest absolute Gasteiger partial charge is 0.257 e. The second kappa shape index (κ2) is 10.6. The number of para-hydroxylation sites is 1. The fraction of sp³-hybridized carbons (Fsp3) is 0.208. The number of hydrogen-bond donors (Lipinski definition) is 1. The van der Waals surface area contributed by atoms with E-state index in [-0.39, 0.29) is 17.8 Å². The van der Waals surface area contributed by atoms with Crippen molar-refractivity contribution < 1.29 is 22.7 Å². The Morgan fingerprint density at radius 2 is 1.58 bits per heavy atom. The van der Waals surface area contributed by atoms with E-state index in [2.05, 4.69) is 5.32 Å². The number of nitrogens with zero attached hydrogens (tertiary/aromatic N) is 1. The molecule has 0 spiro atoms. The van der Waals surface area contributed by atoms with E-state index in [0.29, 0.717) is 17.2 Å². The van der Waals surface area contributed by atoms with E-state index in [9.17, 15) is 13.2 Å². The van der Waals surface area contributed by atoms with Crippen LogP contribution in [0.5, 0.6) is 11.5 Å². The van der Waals surface area contributed by atoms with Crippen molar-refractivity contribution in [3.8, 4) is 11.5 Å². The maximum atomic E-state index is 13.4. The molecule has 0 unspecified atom stereocenters. The van der Waals surface area contributed by atoms with Crippen molar-refractivity contribution in [2.24, 2.45) is 0 Å². The highest BCUT2D eigenvalue weighted by molar-refractivity contribution is 7.98. The molecule has 3 aromatic rings. The van der Waals surface area contributed by atoms with Gasteiger partial charge in [-0.05, 0) is 30.0 Å². The largest absolute Gasteiger partial charge is 0.493 e. The van der Waals surface area contributed by atoms with Crippen LogP contribution in [0.2, 0.25) is 0 Å². The number of thioether (sulfide) groups is 1. The van der Waals surface area contributed by atoms with Crippen molar-refractivity contribution in [1.29, 1.82) is 0 Å². The zero-order valence-electron chi connectivity index (χ0n) is 18.9. The minimum absolute atomic E-state index is 0.0524. The van der Waals surface area contributed by atoms with E-state index in [4.69, 9.17) is 9.47 Å². The molecule has 0 aliphatic carbocycles. The first kappa shape index (κ1) is 24.5. The number of anilines is 2. The number of methoxy groups -OCH3 is 2. The molecule has 0 radical (unpaired) electrons. The van der Waals surface area contributed by atoms with E-state index in [0.717, 1.165) is 16.7 Å². The fourth-order valence-electron chi connectivity index (χ4n) is 3.32. The first-order valence-electron chi connectivity index (χ1n) is 10.0. The minimum atomic E-state index is -3.75. The van der Waals surface area contributed by atoms with Crippen LogP contribution in [-0.2, 0) is 16.6 Å². The van der Waals surface area contributed by atoms with Gasteiger partial charge < -0.3 is 14.8 Å². The second-order valence-electron chi connectivity index (χ2n) is 7.13. The van der Waals surface area contributed by atoms with E-state index in [1.54, 1.807) is 6.07 Å². The lowest BCUT2D eigenvalue weighted by molar-refractivity contribution is 0.102. The Morgan fingerprint density at radius 3 is 2.18 bits per heavy atom. The van der Waals surface area contributed by atoms with Crippen molar-refractivity contribution in [2.75, 3.05) is 36.4 Å². The minimum Gasteiger partial charge on any atom is -0.493 e. The molecular formula is C24H26N2O5S2. The van der Waals surface area contributed by atoms with Gasteiger partial charge in [-0.1, -0.05) is 42.5 Å². The van der Waals surface area contributed by atoms with E-state index >= 15 is 0 Å². The van der Waals surface area contributed by atoms with E-state index < -0.39 is 15.9 Å². The van der Waals surface area contributed by atoms with Gasteiger partial charge in [0.05, 0.1) is 44.0 Å². The summed E-state index contributed by atoms with van der Waals surface area (Å²) in [6.45, 7) is 0.0524. The van der Waals surface area contributed by atoms with Crippen molar-refractivity contribution in [1.82, 2.24) is 0 Å². The summed E-state index contributed by atoms with van der Waals surface area (Å²) in [6, 6.07) is 19.6. The molecule has 0 heterocycles. The number of carbonyl (C=O) groups excluding carboxylic acids is 1.